The molecule has 7 heteroatoms. The first kappa shape index (κ1) is 21.6. The van der Waals surface area contributed by atoms with Crippen molar-refractivity contribution in [1.82, 2.24) is 19.7 Å². The van der Waals surface area contributed by atoms with E-state index in [1.165, 1.54) is 5.56 Å². The standard InChI is InChI=1S/C22H34N4O3/c1-24(2)11-8-18-17-26(21-16-19(28-3)6-7-20(18)21)22(27)23-9-12-25-10-4-5-14-29-15-13-25/h6-7,16-17H,4-5,8-15H2,1-3H3,(H,23,27). The third-order valence-corrected chi connectivity index (χ3v) is 5.41. The molecular weight excluding hydrogens is 368 g/mol. The molecule has 1 amide bonds. The van der Waals surface area contributed by atoms with E-state index in [0.717, 1.165) is 75.3 Å². The van der Waals surface area contributed by atoms with Crippen LogP contribution >= 0.6 is 0 Å². The Hall–Kier alpha value is -2.09. The maximum Gasteiger partial charge on any atom is 0.326 e. The number of methoxy groups -OCH3 is 1. The molecule has 1 aliphatic heterocycles. The summed E-state index contributed by atoms with van der Waals surface area (Å²) in [6, 6.07) is 5.84. The van der Waals surface area contributed by atoms with Gasteiger partial charge in [0, 0.05) is 50.4 Å². The second-order valence-corrected chi connectivity index (χ2v) is 7.85. The number of rotatable bonds is 7. The minimum atomic E-state index is -0.0948. The van der Waals surface area contributed by atoms with Gasteiger partial charge >= 0.3 is 6.03 Å². The van der Waals surface area contributed by atoms with Gasteiger partial charge in [-0.05, 0) is 57.6 Å². The van der Waals surface area contributed by atoms with Crippen molar-refractivity contribution in [3.8, 4) is 5.75 Å². The SMILES string of the molecule is COc1ccc2c(CCN(C)C)cn(C(=O)NCCN3CCCCOCC3)c2c1. The summed E-state index contributed by atoms with van der Waals surface area (Å²) >= 11 is 0. The number of hydrogen-bond donors (Lipinski definition) is 1. The largest absolute Gasteiger partial charge is 0.497 e. The van der Waals surface area contributed by atoms with E-state index in [9.17, 15) is 4.79 Å². The zero-order chi connectivity index (χ0) is 20.6. The minimum absolute atomic E-state index is 0.0948. The highest BCUT2D eigenvalue weighted by molar-refractivity contribution is 5.94. The highest BCUT2D eigenvalue weighted by Gasteiger charge is 2.15. The van der Waals surface area contributed by atoms with Crippen LogP contribution in [0.5, 0.6) is 5.75 Å². The van der Waals surface area contributed by atoms with Gasteiger partial charge in [0.25, 0.3) is 0 Å². The van der Waals surface area contributed by atoms with E-state index < -0.39 is 0 Å². The zero-order valence-corrected chi connectivity index (χ0v) is 17.9. The number of nitrogens with one attached hydrogen (secondary N) is 1. The van der Waals surface area contributed by atoms with E-state index in [0.29, 0.717) is 6.54 Å². The van der Waals surface area contributed by atoms with Gasteiger partial charge in [-0.3, -0.25) is 9.47 Å². The molecule has 1 fully saturated rings. The molecule has 1 N–H and O–H groups in total. The van der Waals surface area contributed by atoms with Crippen LogP contribution in [0.4, 0.5) is 4.79 Å². The molecule has 29 heavy (non-hydrogen) atoms. The molecular formula is C22H34N4O3. The first-order valence-electron chi connectivity index (χ1n) is 10.5. The molecule has 0 bridgehead atoms. The molecule has 2 heterocycles. The number of carbonyl (C=O) groups excluding carboxylic acids is 1. The first-order chi connectivity index (χ1) is 14.1. The van der Waals surface area contributed by atoms with E-state index in [4.69, 9.17) is 9.47 Å². The van der Waals surface area contributed by atoms with Crippen molar-refractivity contribution in [2.24, 2.45) is 0 Å². The molecule has 7 nitrogen and oxygen atoms in total. The Morgan fingerprint density at radius 3 is 2.90 bits per heavy atom. The second kappa shape index (κ2) is 10.6. The summed E-state index contributed by atoms with van der Waals surface area (Å²) in [4.78, 5) is 17.4. The molecule has 3 rings (SSSR count). The molecule has 0 spiro atoms. The van der Waals surface area contributed by atoms with Gasteiger partial charge in [-0.2, -0.15) is 0 Å². The summed E-state index contributed by atoms with van der Waals surface area (Å²) in [5.74, 6) is 0.754. The number of hydrogen-bond acceptors (Lipinski definition) is 5. The lowest BCUT2D eigenvalue weighted by Crippen LogP contribution is -2.39. The molecule has 2 aromatic rings. The summed E-state index contributed by atoms with van der Waals surface area (Å²) in [5, 5.41) is 4.18. The van der Waals surface area contributed by atoms with E-state index >= 15 is 0 Å². The van der Waals surface area contributed by atoms with Gasteiger partial charge in [0.1, 0.15) is 5.75 Å². The van der Waals surface area contributed by atoms with Gasteiger partial charge < -0.3 is 19.7 Å². The molecule has 160 valence electrons. The number of amides is 1. The third kappa shape index (κ3) is 5.95. The minimum Gasteiger partial charge on any atom is -0.497 e. The average Bonchev–Trinajstić information content (AvgIpc) is 3.05. The van der Waals surface area contributed by atoms with Crippen molar-refractivity contribution in [1.29, 1.82) is 0 Å². The van der Waals surface area contributed by atoms with Crippen LogP contribution in [0.1, 0.15) is 18.4 Å². The first-order valence-corrected chi connectivity index (χ1v) is 10.5. The van der Waals surface area contributed by atoms with E-state index in [-0.39, 0.29) is 6.03 Å². The van der Waals surface area contributed by atoms with Gasteiger partial charge in [-0.1, -0.05) is 0 Å². The predicted molar refractivity (Wildman–Crippen MR) is 116 cm³/mol. The number of aromatic nitrogens is 1. The summed E-state index contributed by atoms with van der Waals surface area (Å²) in [6.07, 6.45) is 5.11. The van der Waals surface area contributed by atoms with Gasteiger partial charge in [0.2, 0.25) is 0 Å². The second-order valence-electron chi connectivity index (χ2n) is 7.85. The lowest BCUT2D eigenvalue weighted by Gasteiger charge is -2.24. The van der Waals surface area contributed by atoms with Crippen LogP contribution in [0, 0.1) is 0 Å². The van der Waals surface area contributed by atoms with Crippen molar-refractivity contribution in [3.05, 3.63) is 30.0 Å². The predicted octanol–water partition coefficient (Wildman–Crippen LogP) is 2.42. The summed E-state index contributed by atoms with van der Waals surface area (Å²) in [6.45, 7) is 6.02. The van der Waals surface area contributed by atoms with Crippen molar-refractivity contribution < 1.29 is 14.3 Å². The summed E-state index contributed by atoms with van der Waals surface area (Å²) in [5.41, 5.74) is 2.06. The molecule has 1 aromatic heterocycles. The van der Waals surface area contributed by atoms with E-state index in [2.05, 4.69) is 29.2 Å². The smallest absolute Gasteiger partial charge is 0.326 e. The van der Waals surface area contributed by atoms with Crippen LogP contribution in [0.15, 0.2) is 24.4 Å². The lowest BCUT2D eigenvalue weighted by molar-refractivity contribution is 0.0813. The van der Waals surface area contributed by atoms with Crippen molar-refractivity contribution in [2.45, 2.75) is 19.3 Å². The molecule has 0 radical (unpaired) electrons. The Balaban J connectivity index is 1.68. The van der Waals surface area contributed by atoms with Gasteiger partial charge in [-0.15, -0.1) is 0 Å². The van der Waals surface area contributed by atoms with Crippen molar-refractivity contribution in [3.63, 3.8) is 0 Å². The highest BCUT2D eigenvalue weighted by atomic mass is 16.5. The zero-order valence-electron chi connectivity index (χ0n) is 17.9. The van der Waals surface area contributed by atoms with Crippen LogP contribution in [-0.2, 0) is 11.2 Å². The van der Waals surface area contributed by atoms with E-state index in [1.807, 2.05) is 24.4 Å². The molecule has 1 saturated heterocycles. The Morgan fingerprint density at radius 2 is 2.10 bits per heavy atom. The van der Waals surface area contributed by atoms with Crippen LogP contribution in [-0.4, -0.2) is 87.5 Å². The Kier molecular flexibility index (Phi) is 7.91. The number of carbonyl (C=O) groups is 1. The number of likely N-dealkylation sites (N-methyl/N-ethyl adjacent to an activating group) is 1. The summed E-state index contributed by atoms with van der Waals surface area (Å²) in [7, 11) is 5.77. The lowest BCUT2D eigenvalue weighted by atomic mass is 10.1. The summed E-state index contributed by atoms with van der Waals surface area (Å²) < 4.78 is 12.7. The average molecular weight is 403 g/mol. The monoisotopic (exact) mass is 402 g/mol. The van der Waals surface area contributed by atoms with E-state index in [1.54, 1.807) is 11.7 Å². The topological polar surface area (TPSA) is 59.0 Å². The molecule has 0 saturated carbocycles. The third-order valence-electron chi connectivity index (χ3n) is 5.41. The van der Waals surface area contributed by atoms with Crippen molar-refractivity contribution in [2.75, 3.05) is 67.1 Å². The number of ether oxygens (including phenoxy) is 2. The van der Waals surface area contributed by atoms with Gasteiger partial charge in [0.05, 0.1) is 19.2 Å². The quantitative estimate of drug-likeness (QED) is 0.771. The van der Waals surface area contributed by atoms with Gasteiger partial charge in [0.15, 0.2) is 0 Å². The molecule has 0 aliphatic carbocycles. The highest BCUT2D eigenvalue weighted by Crippen LogP contribution is 2.26. The van der Waals surface area contributed by atoms with Crippen LogP contribution in [0.2, 0.25) is 0 Å². The fraction of sp³-hybridized carbons (Fsp3) is 0.591. The molecule has 0 unspecified atom stereocenters. The normalized spacial score (nSPS) is 16.0. The molecule has 1 aliphatic rings. The van der Waals surface area contributed by atoms with Gasteiger partial charge in [-0.25, -0.2) is 4.79 Å². The number of nitrogens with zero attached hydrogens (tertiary/aromatic N) is 3. The maximum absolute atomic E-state index is 12.9. The Labute approximate surface area is 173 Å². The Bertz CT molecular complexity index is 795. The fourth-order valence-corrected chi connectivity index (χ4v) is 3.69. The van der Waals surface area contributed by atoms with Crippen LogP contribution in [0.25, 0.3) is 10.9 Å². The maximum atomic E-state index is 12.9. The number of benzene rings is 1. The van der Waals surface area contributed by atoms with Crippen LogP contribution < -0.4 is 10.1 Å². The number of fused-ring (bicyclic) bond motifs is 1. The molecule has 0 atom stereocenters. The van der Waals surface area contributed by atoms with Crippen LogP contribution in [0.3, 0.4) is 0 Å². The molecule has 1 aromatic carbocycles. The van der Waals surface area contributed by atoms with Crippen molar-refractivity contribution >= 4 is 16.9 Å². The fourth-order valence-electron chi connectivity index (χ4n) is 3.69. The Morgan fingerprint density at radius 1 is 1.24 bits per heavy atom.